The van der Waals surface area contributed by atoms with E-state index in [0.29, 0.717) is 0 Å². The second-order valence-corrected chi connectivity index (χ2v) is 10.3. The van der Waals surface area contributed by atoms with E-state index < -0.39 is 264 Å². The van der Waals surface area contributed by atoms with Gasteiger partial charge in [-0.15, -0.1) is 0 Å². The third-order valence-electron chi connectivity index (χ3n) is 7.49. The molecule has 7 aromatic carbocycles. The van der Waals surface area contributed by atoms with Crippen LogP contribution in [-0.2, 0) is 0 Å². The van der Waals surface area contributed by atoms with Crippen LogP contribution in [0, 0.1) is 0 Å². The minimum Gasteiger partial charge on any atom is -0.455 e. The highest BCUT2D eigenvalue weighted by Gasteiger charge is 2.18. The van der Waals surface area contributed by atoms with Crippen LogP contribution in [0.4, 0.5) is 0 Å². The predicted molar refractivity (Wildman–Crippen MR) is 203 cm³/mol. The van der Waals surface area contributed by atoms with Crippen molar-refractivity contribution in [3.05, 3.63) is 169 Å². The number of hydrogen-bond donors (Lipinski definition) is 0. The Kier molecular flexibility index (Phi) is 2.72. The molecule has 0 saturated heterocycles. The molecular formula is C45H28N4O. The molecule has 0 aliphatic rings. The summed E-state index contributed by atoms with van der Waals surface area (Å²) in [6.07, 6.45) is 0. The Morgan fingerprint density at radius 3 is 1.70 bits per heavy atom. The number of hydrogen-bond acceptors (Lipinski definition) is 4. The van der Waals surface area contributed by atoms with E-state index in [1.54, 1.807) is 0 Å². The highest BCUT2D eigenvalue weighted by molar-refractivity contribution is 6.12. The van der Waals surface area contributed by atoms with Crippen molar-refractivity contribution < 1.29 is 42.8 Å². The van der Waals surface area contributed by atoms with Crippen LogP contribution in [0.1, 0.15) is 38.4 Å². The average Bonchev–Trinajstić information content (AvgIpc) is 4.12. The summed E-state index contributed by atoms with van der Waals surface area (Å²) in [6.45, 7) is 0. The zero-order valence-electron chi connectivity index (χ0n) is 52.7. The highest BCUT2D eigenvalue weighted by atomic mass is 16.3. The molecule has 10 aromatic rings. The van der Waals surface area contributed by atoms with Gasteiger partial charge in [-0.2, -0.15) is 0 Å². The lowest BCUT2D eigenvalue weighted by atomic mass is 10.0. The molecule has 0 atom stereocenters. The smallest absolute Gasteiger partial charge is 0.164 e. The van der Waals surface area contributed by atoms with Gasteiger partial charge in [0.25, 0.3) is 0 Å². The standard InChI is InChI=1S/C45H28N4O/c1-4-13-29(14-5-1)34-20-12-21-36-38-28-33(24-26-41(38)50-42(34)36)49-39-22-11-10-19-35(39)37-27-32(23-25-40(37)49)45-47-43(30-15-6-2-7-16-30)46-44(48-45)31-17-8-3-9-18-31/h1-28H/i1D,2D,3D,4D,5D,6D,7D,8D,9D,10D,11D,12D,13D,14D,15D,16D,17D,18D,19D,20D,21D,22D,23D,24D,25D,26D,27D,28D. The molecule has 3 aromatic heterocycles. The summed E-state index contributed by atoms with van der Waals surface area (Å²) >= 11 is 0. The van der Waals surface area contributed by atoms with E-state index in [0.717, 1.165) is 4.57 Å². The molecule has 3 heterocycles. The first kappa shape index (κ1) is 11.9. The number of para-hydroxylation sites is 2. The van der Waals surface area contributed by atoms with Gasteiger partial charge in [0.05, 0.1) is 49.4 Å². The quantitative estimate of drug-likeness (QED) is 0.183. The summed E-state index contributed by atoms with van der Waals surface area (Å²) in [5, 5.41) is -2.32. The molecule has 0 aliphatic carbocycles. The Morgan fingerprint density at radius 2 is 1.00 bits per heavy atom. The van der Waals surface area contributed by atoms with Crippen LogP contribution in [0.2, 0.25) is 0 Å². The minimum absolute atomic E-state index is 0.536. The van der Waals surface area contributed by atoms with Crippen molar-refractivity contribution in [2.45, 2.75) is 0 Å². The van der Waals surface area contributed by atoms with Crippen molar-refractivity contribution in [1.82, 2.24) is 19.5 Å². The highest BCUT2D eigenvalue weighted by Crippen LogP contribution is 2.39. The number of fused-ring (bicyclic) bond motifs is 6. The minimum atomic E-state index is -1.03. The predicted octanol–water partition coefficient (Wildman–Crippen LogP) is 11.5. The Balaban J connectivity index is 1.38. The number of furan rings is 1. The summed E-state index contributed by atoms with van der Waals surface area (Å²) < 4.78 is 253. The normalized spacial score (nSPS) is 19.4. The second kappa shape index (κ2) is 11.4. The molecule has 5 heteroatoms. The first-order valence-electron chi connectivity index (χ1n) is 28.4. The Morgan fingerprint density at radius 1 is 0.420 bits per heavy atom. The van der Waals surface area contributed by atoms with Crippen molar-refractivity contribution in [2.75, 3.05) is 0 Å². The summed E-state index contributed by atoms with van der Waals surface area (Å²) in [6, 6.07) is -25.0. The van der Waals surface area contributed by atoms with Crippen molar-refractivity contribution >= 4 is 43.7 Å². The van der Waals surface area contributed by atoms with Crippen LogP contribution in [0.15, 0.2) is 174 Å². The molecule has 50 heavy (non-hydrogen) atoms. The Hall–Kier alpha value is -6.85. The summed E-state index contributed by atoms with van der Waals surface area (Å²) in [4.78, 5) is 12.8. The average molecular weight is 669 g/mol. The summed E-state index contributed by atoms with van der Waals surface area (Å²) in [5.41, 5.74) is -6.91. The molecule has 0 spiro atoms. The number of rotatable bonds is 5. The van der Waals surface area contributed by atoms with Crippen molar-refractivity contribution in [2.24, 2.45) is 0 Å². The van der Waals surface area contributed by atoms with Gasteiger partial charge >= 0.3 is 0 Å². The van der Waals surface area contributed by atoms with E-state index in [9.17, 15) is 11.0 Å². The molecule has 5 nitrogen and oxygen atoms in total. The number of benzene rings is 7. The molecule has 0 unspecified atom stereocenters. The number of aromatic nitrogens is 4. The molecule has 0 aliphatic heterocycles. The van der Waals surface area contributed by atoms with Gasteiger partial charge in [-0.05, 0) is 47.9 Å². The van der Waals surface area contributed by atoms with E-state index in [-0.39, 0.29) is 0 Å². The Labute approximate surface area is 327 Å². The van der Waals surface area contributed by atoms with Crippen LogP contribution in [0.25, 0.3) is 94.7 Å². The zero-order chi connectivity index (χ0) is 57.4. The number of nitrogens with zero attached hydrogens (tertiary/aromatic N) is 4. The van der Waals surface area contributed by atoms with Crippen molar-refractivity contribution in [3.63, 3.8) is 0 Å². The molecule has 10 rings (SSSR count). The van der Waals surface area contributed by atoms with E-state index in [1.807, 2.05) is 0 Å². The third kappa shape index (κ3) is 4.60. The first-order valence-corrected chi connectivity index (χ1v) is 14.4. The van der Waals surface area contributed by atoms with Gasteiger partial charge in [-0.3, -0.25) is 0 Å². The van der Waals surface area contributed by atoms with Crippen LogP contribution in [-0.4, -0.2) is 19.5 Å². The third-order valence-corrected chi connectivity index (χ3v) is 7.49. The maximum atomic E-state index is 9.83. The first-order chi connectivity index (χ1) is 36.4. The molecule has 0 N–H and O–H groups in total. The maximum Gasteiger partial charge on any atom is 0.164 e. The molecule has 0 fully saturated rings. The van der Waals surface area contributed by atoms with E-state index in [4.69, 9.17) is 31.8 Å². The van der Waals surface area contributed by atoms with Crippen LogP contribution in [0.5, 0.6) is 0 Å². The van der Waals surface area contributed by atoms with Gasteiger partial charge in [0.15, 0.2) is 17.5 Å². The lowest BCUT2D eigenvalue weighted by Crippen LogP contribution is -2.00. The van der Waals surface area contributed by atoms with Crippen LogP contribution in [0.3, 0.4) is 0 Å². The van der Waals surface area contributed by atoms with Gasteiger partial charge < -0.3 is 8.98 Å². The largest absolute Gasteiger partial charge is 0.455 e. The van der Waals surface area contributed by atoms with Gasteiger partial charge in [0.2, 0.25) is 0 Å². The molecule has 234 valence electrons. The lowest BCUT2D eigenvalue weighted by Gasteiger charge is -2.10. The van der Waals surface area contributed by atoms with E-state index >= 15 is 0 Å². The summed E-state index contributed by atoms with van der Waals surface area (Å²) in [7, 11) is 0. The topological polar surface area (TPSA) is 56.7 Å². The monoisotopic (exact) mass is 668 g/mol. The van der Waals surface area contributed by atoms with Gasteiger partial charge in [-0.25, -0.2) is 15.0 Å². The van der Waals surface area contributed by atoms with Crippen molar-refractivity contribution in [3.8, 4) is 51.0 Å². The van der Waals surface area contributed by atoms with Crippen LogP contribution < -0.4 is 0 Å². The zero-order valence-corrected chi connectivity index (χ0v) is 24.7. The molecule has 0 radical (unpaired) electrons. The fourth-order valence-electron chi connectivity index (χ4n) is 5.36. The lowest BCUT2D eigenvalue weighted by molar-refractivity contribution is 0.670. The second-order valence-electron chi connectivity index (χ2n) is 10.3. The van der Waals surface area contributed by atoms with Crippen molar-refractivity contribution in [1.29, 1.82) is 0 Å². The maximum absolute atomic E-state index is 9.83. The SMILES string of the molecule is [2H]c1c([2H])c([2H])c(-c2nc(-c3c([2H])c([2H])c([2H])c([2H])c3[2H])nc(-c3c([2H])c([2H])c4c(c3[2H])c3c([2H])c([2H])c([2H])c([2H])c3n4-c3c([2H])c([2H])c4oc5c(-c6c([2H])c([2H])c([2H])c([2H])c6[2H])c([2H])c([2H])c([2H])c5c4c3[2H])n2)c([2H])c1[2H]. The molecule has 0 saturated carbocycles. The fraction of sp³-hybridized carbons (Fsp3) is 0. The molecule has 0 amide bonds. The van der Waals surface area contributed by atoms with Crippen LogP contribution >= 0.6 is 0 Å². The van der Waals surface area contributed by atoms with Gasteiger partial charge in [-0.1, -0.05) is 127 Å². The molecule has 0 bridgehead atoms. The van der Waals surface area contributed by atoms with Gasteiger partial charge in [0.1, 0.15) is 11.2 Å². The molecular weight excluding hydrogens is 613 g/mol. The Bertz CT molecular complexity index is 4320. The fourth-order valence-corrected chi connectivity index (χ4v) is 5.36. The van der Waals surface area contributed by atoms with Gasteiger partial charge in [0, 0.05) is 49.5 Å². The van der Waals surface area contributed by atoms with E-state index in [1.165, 1.54) is 0 Å². The summed E-state index contributed by atoms with van der Waals surface area (Å²) in [5.74, 6) is -2.49. The van der Waals surface area contributed by atoms with E-state index in [2.05, 4.69) is 15.0 Å².